The van der Waals surface area contributed by atoms with Crippen molar-refractivity contribution in [1.29, 1.82) is 0 Å². The van der Waals surface area contributed by atoms with Crippen LogP contribution in [0.15, 0.2) is 48.5 Å². The number of amides is 1. The van der Waals surface area contributed by atoms with Crippen LogP contribution in [0.4, 0.5) is 5.69 Å². The zero-order valence-corrected chi connectivity index (χ0v) is 17.3. The minimum absolute atomic E-state index is 0.0870. The predicted octanol–water partition coefficient (Wildman–Crippen LogP) is 5.20. The third-order valence-corrected chi connectivity index (χ3v) is 5.92. The summed E-state index contributed by atoms with van der Waals surface area (Å²) >= 11 is 0. The van der Waals surface area contributed by atoms with E-state index >= 15 is 0 Å². The van der Waals surface area contributed by atoms with E-state index in [9.17, 15) is 4.79 Å². The second-order valence-electron chi connectivity index (χ2n) is 7.55. The molecular formula is C24H32N2O2. The third kappa shape index (κ3) is 4.74. The Labute approximate surface area is 168 Å². The Bertz CT molecular complexity index is 778. The normalized spacial score (nSPS) is 15.6. The molecule has 3 rings (SSSR count). The Morgan fingerprint density at radius 1 is 1.11 bits per heavy atom. The summed E-state index contributed by atoms with van der Waals surface area (Å²) in [5.41, 5.74) is 2.92. The molecule has 1 aliphatic rings. The van der Waals surface area contributed by atoms with Crippen molar-refractivity contribution >= 4 is 11.6 Å². The molecule has 0 radical (unpaired) electrons. The van der Waals surface area contributed by atoms with Crippen molar-refractivity contribution in [2.45, 2.75) is 45.6 Å². The summed E-state index contributed by atoms with van der Waals surface area (Å²) in [5, 5.41) is 3.19. The maximum atomic E-state index is 12.9. The van der Waals surface area contributed by atoms with Crippen LogP contribution < -0.4 is 10.1 Å². The minimum Gasteiger partial charge on any atom is -0.497 e. The summed E-state index contributed by atoms with van der Waals surface area (Å²) in [7, 11) is 1.67. The van der Waals surface area contributed by atoms with Gasteiger partial charge in [-0.15, -0.1) is 0 Å². The van der Waals surface area contributed by atoms with E-state index in [1.165, 1.54) is 12.8 Å². The zero-order valence-electron chi connectivity index (χ0n) is 17.3. The van der Waals surface area contributed by atoms with Crippen LogP contribution >= 0.6 is 0 Å². The van der Waals surface area contributed by atoms with Gasteiger partial charge < -0.3 is 15.0 Å². The zero-order chi connectivity index (χ0) is 19.9. The van der Waals surface area contributed by atoms with E-state index in [1.807, 2.05) is 48.5 Å². The topological polar surface area (TPSA) is 41.6 Å². The van der Waals surface area contributed by atoms with E-state index in [4.69, 9.17) is 4.74 Å². The second kappa shape index (κ2) is 9.74. The number of anilines is 1. The molecule has 1 saturated heterocycles. The highest BCUT2D eigenvalue weighted by atomic mass is 16.5. The van der Waals surface area contributed by atoms with Crippen molar-refractivity contribution in [2.24, 2.45) is 5.92 Å². The van der Waals surface area contributed by atoms with Gasteiger partial charge in [0, 0.05) is 23.2 Å². The van der Waals surface area contributed by atoms with Crippen molar-refractivity contribution < 1.29 is 9.53 Å². The number of likely N-dealkylation sites (tertiary alicyclic amines) is 1. The van der Waals surface area contributed by atoms with Gasteiger partial charge in [0.2, 0.25) is 5.91 Å². The second-order valence-corrected chi connectivity index (χ2v) is 7.55. The van der Waals surface area contributed by atoms with Crippen molar-refractivity contribution in [3.05, 3.63) is 48.5 Å². The monoisotopic (exact) mass is 380 g/mol. The number of para-hydroxylation sites is 1. The van der Waals surface area contributed by atoms with Crippen molar-refractivity contribution in [3.8, 4) is 16.9 Å². The molecule has 4 nitrogen and oxygen atoms in total. The molecule has 150 valence electrons. The first-order chi connectivity index (χ1) is 13.7. The van der Waals surface area contributed by atoms with Crippen LogP contribution in [-0.4, -0.2) is 37.0 Å². The highest BCUT2D eigenvalue weighted by Crippen LogP contribution is 2.31. The van der Waals surface area contributed by atoms with Crippen molar-refractivity contribution in [3.63, 3.8) is 0 Å². The lowest BCUT2D eigenvalue weighted by Crippen LogP contribution is -2.43. The fraction of sp³-hybridized carbons (Fsp3) is 0.458. The van der Waals surface area contributed by atoms with Gasteiger partial charge in [-0.3, -0.25) is 4.79 Å². The van der Waals surface area contributed by atoms with Gasteiger partial charge in [0.05, 0.1) is 7.11 Å². The first kappa shape index (κ1) is 20.4. The van der Waals surface area contributed by atoms with Crippen molar-refractivity contribution in [2.75, 3.05) is 25.5 Å². The van der Waals surface area contributed by atoms with Crippen LogP contribution in [0.2, 0.25) is 0 Å². The molecule has 0 unspecified atom stereocenters. The number of nitrogens with one attached hydrogen (secondary N) is 1. The van der Waals surface area contributed by atoms with Gasteiger partial charge in [-0.2, -0.15) is 0 Å². The first-order valence-electron chi connectivity index (χ1n) is 10.4. The van der Waals surface area contributed by atoms with E-state index in [-0.39, 0.29) is 11.8 Å². The van der Waals surface area contributed by atoms with Crippen LogP contribution in [-0.2, 0) is 4.79 Å². The van der Waals surface area contributed by atoms with Crippen molar-refractivity contribution in [1.82, 2.24) is 4.90 Å². The van der Waals surface area contributed by atoms with E-state index in [0.717, 1.165) is 48.5 Å². The molecule has 4 heteroatoms. The van der Waals surface area contributed by atoms with Crippen LogP contribution in [0.5, 0.6) is 5.75 Å². The summed E-state index contributed by atoms with van der Waals surface area (Å²) in [6, 6.07) is 16.6. The van der Waals surface area contributed by atoms with Crippen LogP contribution in [0.1, 0.15) is 39.5 Å². The Morgan fingerprint density at radius 3 is 2.50 bits per heavy atom. The molecule has 0 bridgehead atoms. The fourth-order valence-electron chi connectivity index (χ4n) is 4.20. The molecule has 0 aliphatic carbocycles. The standard InChI is InChI=1S/C24H32N2O2/c1-4-20(5-2)26-15-13-18(14-16-26)24(27)25-23-12-7-6-11-22(23)19-9-8-10-21(17-19)28-3/h6-12,17-18,20H,4-5,13-16H2,1-3H3,(H,25,27). The molecule has 2 aromatic rings. The average molecular weight is 381 g/mol. The summed E-state index contributed by atoms with van der Waals surface area (Å²) in [6.07, 6.45) is 4.23. The lowest BCUT2D eigenvalue weighted by atomic mass is 9.93. The SMILES string of the molecule is CCC(CC)N1CCC(C(=O)Nc2ccccc2-c2cccc(OC)c2)CC1. The number of carbonyl (C=O) groups excluding carboxylic acids is 1. The number of carbonyl (C=O) groups is 1. The summed E-state index contributed by atoms with van der Waals surface area (Å²) in [4.78, 5) is 15.5. The Balaban J connectivity index is 1.68. The minimum atomic E-state index is 0.0870. The maximum absolute atomic E-state index is 12.9. The number of methoxy groups -OCH3 is 1. The van der Waals surface area contributed by atoms with E-state index < -0.39 is 0 Å². The molecular weight excluding hydrogens is 348 g/mol. The largest absolute Gasteiger partial charge is 0.497 e. The van der Waals surface area contributed by atoms with Gasteiger partial charge in [-0.25, -0.2) is 0 Å². The molecule has 0 spiro atoms. The van der Waals surface area contributed by atoms with Gasteiger partial charge in [0.25, 0.3) is 0 Å². The summed E-state index contributed by atoms with van der Waals surface area (Å²) < 4.78 is 5.35. The highest BCUT2D eigenvalue weighted by molar-refractivity contribution is 5.96. The molecule has 0 atom stereocenters. The van der Waals surface area contributed by atoms with Gasteiger partial charge in [-0.05, 0) is 62.5 Å². The number of hydrogen-bond acceptors (Lipinski definition) is 3. The quantitative estimate of drug-likeness (QED) is 0.718. The van der Waals surface area contributed by atoms with E-state index in [2.05, 4.69) is 24.1 Å². The van der Waals surface area contributed by atoms with Crippen LogP contribution in [0.3, 0.4) is 0 Å². The third-order valence-electron chi connectivity index (χ3n) is 5.92. The van der Waals surface area contributed by atoms with Gasteiger partial charge in [0.1, 0.15) is 5.75 Å². The average Bonchev–Trinajstić information content (AvgIpc) is 2.75. The lowest BCUT2D eigenvalue weighted by molar-refractivity contribution is -0.121. The number of hydrogen-bond donors (Lipinski definition) is 1. The number of nitrogens with zero attached hydrogens (tertiary/aromatic N) is 1. The molecule has 1 fully saturated rings. The van der Waals surface area contributed by atoms with E-state index in [1.54, 1.807) is 7.11 Å². The smallest absolute Gasteiger partial charge is 0.227 e. The summed E-state index contributed by atoms with van der Waals surface area (Å²) in [6.45, 7) is 6.54. The molecule has 1 heterocycles. The van der Waals surface area contributed by atoms with E-state index in [0.29, 0.717) is 6.04 Å². The molecule has 1 N–H and O–H groups in total. The number of benzene rings is 2. The molecule has 1 aliphatic heterocycles. The predicted molar refractivity (Wildman–Crippen MR) is 116 cm³/mol. The molecule has 0 saturated carbocycles. The van der Waals surface area contributed by atoms with Gasteiger partial charge >= 0.3 is 0 Å². The Kier molecular flexibility index (Phi) is 7.10. The number of ether oxygens (including phenoxy) is 1. The fourth-order valence-corrected chi connectivity index (χ4v) is 4.20. The van der Waals surface area contributed by atoms with Crippen LogP contribution in [0.25, 0.3) is 11.1 Å². The Morgan fingerprint density at radius 2 is 1.82 bits per heavy atom. The first-order valence-corrected chi connectivity index (χ1v) is 10.4. The maximum Gasteiger partial charge on any atom is 0.227 e. The molecule has 1 amide bonds. The number of piperidine rings is 1. The molecule has 28 heavy (non-hydrogen) atoms. The number of rotatable bonds is 7. The summed E-state index contributed by atoms with van der Waals surface area (Å²) in [5.74, 6) is 1.04. The van der Waals surface area contributed by atoms with Gasteiger partial charge in [-0.1, -0.05) is 44.2 Å². The molecule has 0 aromatic heterocycles. The highest BCUT2D eigenvalue weighted by Gasteiger charge is 2.27. The lowest BCUT2D eigenvalue weighted by Gasteiger charge is -2.36. The Hall–Kier alpha value is -2.33. The molecule has 2 aromatic carbocycles. The van der Waals surface area contributed by atoms with Crippen LogP contribution in [0, 0.1) is 5.92 Å². The van der Waals surface area contributed by atoms with Gasteiger partial charge in [0.15, 0.2) is 0 Å².